The molecule has 1 heterocycles. The predicted octanol–water partition coefficient (Wildman–Crippen LogP) is 3.82. The van der Waals surface area contributed by atoms with Crippen molar-refractivity contribution >= 4 is 34.8 Å². The summed E-state index contributed by atoms with van der Waals surface area (Å²) in [5.74, 6) is -0.287. The Bertz CT molecular complexity index is 1210. The molecule has 0 saturated carbocycles. The van der Waals surface area contributed by atoms with Crippen LogP contribution in [0.1, 0.15) is 28.4 Å². The molecule has 2 aromatic carbocycles. The second kappa shape index (κ2) is 11.7. The van der Waals surface area contributed by atoms with Gasteiger partial charge in [0.25, 0.3) is 11.8 Å². The Morgan fingerprint density at radius 2 is 1.91 bits per heavy atom. The Labute approximate surface area is 203 Å². The quantitative estimate of drug-likeness (QED) is 0.485. The molecule has 0 aliphatic heterocycles. The molecule has 174 valence electrons. The van der Waals surface area contributed by atoms with Gasteiger partial charge in [0.2, 0.25) is 0 Å². The van der Waals surface area contributed by atoms with Crippen molar-refractivity contribution < 1.29 is 14.3 Å². The molecule has 0 fully saturated rings. The van der Waals surface area contributed by atoms with Gasteiger partial charge in [0.1, 0.15) is 5.75 Å². The van der Waals surface area contributed by atoms with Crippen LogP contribution in [0.25, 0.3) is 0 Å². The van der Waals surface area contributed by atoms with Gasteiger partial charge in [0.05, 0.1) is 22.9 Å². The fourth-order valence-electron chi connectivity index (χ4n) is 3.33. The highest BCUT2D eigenvalue weighted by Crippen LogP contribution is 2.30. The van der Waals surface area contributed by atoms with E-state index in [1.54, 1.807) is 42.7 Å². The van der Waals surface area contributed by atoms with Crippen molar-refractivity contribution in [2.75, 3.05) is 25.1 Å². The molecule has 0 saturated heterocycles. The Kier molecular flexibility index (Phi) is 8.43. The number of nitrogens with zero attached hydrogens (tertiary/aromatic N) is 3. The average Bonchev–Trinajstić information content (AvgIpc) is 2.87. The fourth-order valence-corrected chi connectivity index (χ4v) is 3.50. The van der Waals surface area contributed by atoms with Crippen molar-refractivity contribution in [3.05, 3.63) is 82.6 Å². The summed E-state index contributed by atoms with van der Waals surface area (Å²) < 4.78 is 5.58. The predicted molar refractivity (Wildman–Crippen MR) is 130 cm³/mol. The SMILES string of the molecule is CCN(c1ccncc1)c1ccc(Cl)cc1C(=O)NCc1ccc(C#N)cc1OCC(=O)NC. The molecule has 9 heteroatoms. The molecular formula is C25H24ClN5O3. The zero-order valence-corrected chi connectivity index (χ0v) is 19.6. The van der Waals surface area contributed by atoms with Gasteiger partial charge in [-0.15, -0.1) is 0 Å². The number of halogens is 1. The summed E-state index contributed by atoms with van der Waals surface area (Å²) >= 11 is 6.22. The van der Waals surface area contributed by atoms with Gasteiger partial charge in [0, 0.05) is 48.8 Å². The third-order valence-electron chi connectivity index (χ3n) is 5.06. The number of pyridine rings is 1. The Morgan fingerprint density at radius 3 is 2.59 bits per heavy atom. The lowest BCUT2D eigenvalue weighted by atomic mass is 10.1. The summed E-state index contributed by atoms with van der Waals surface area (Å²) in [6.45, 7) is 2.53. The van der Waals surface area contributed by atoms with Crippen LogP contribution in [-0.4, -0.2) is 37.0 Å². The topological polar surface area (TPSA) is 107 Å². The molecule has 0 bridgehead atoms. The van der Waals surface area contributed by atoms with Gasteiger partial charge in [-0.3, -0.25) is 14.6 Å². The number of carbonyl (C=O) groups excluding carboxylic acids is 2. The molecule has 3 rings (SSSR count). The number of hydrogen-bond donors (Lipinski definition) is 2. The molecule has 0 atom stereocenters. The highest BCUT2D eigenvalue weighted by molar-refractivity contribution is 6.31. The summed E-state index contributed by atoms with van der Waals surface area (Å²) in [5, 5.41) is 15.0. The molecule has 0 spiro atoms. The number of likely N-dealkylation sites (N-methyl/N-ethyl adjacent to an activating group) is 1. The lowest BCUT2D eigenvalue weighted by Gasteiger charge is -2.25. The third-order valence-corrected chi connectivity index (χ3v) is 5.29. The fraction of sp³-hybridized carbons (Fsp3) is 0.200. The van der Waals surface area contributed by atoms with Crippen molar-refractivity contribution in [3.63, 3.8) is 0 Å². The van der Waals surface area contributed by atoms with Gasteiger partial charge in [0.15, 0.2) is 6.61 Å². The van der Waals surface area contributed by atoms with E-state index in [4.69, 9.17) is 16.3 Å². The number of nitriles is 1. The van der Waals surface area contributed by atoms with E-state index in [0.717, 1.165) is 5.69 Å². The number of carbonyl (C=O) groups is 2. The first-order valence-electron chi connectivity index (χ1n) is 10.6. The van der Waals surface area contributed by atoms with E-state index in [1.807, 2.05) is 30.0 Å². The van der Waals surface area contributed by atoms with E-state index in [0.29, 0.717) is 39.7 Å². The lowest BCUT2D eigenvalue weighted by Crippen LogP contribution is -2.27. The summed E-state index contributed by atoms with van der Waals surface area (Å²) in [5.41, 5.74) is 3.02. The lowest BCUT2D eigenvalue weighted by molar-refractivity contribution is -0.122. The Morgan fingerprint density at radius 1 is 1.15 bits per heavy atom. The number of anilines is 2. The molecule has 2 N–H and O–H groups in total. The zero-order chi connectivity index (χ0) is 24.5. The molecule has 1 aromatic heterocycles. The van der Waals surface area contributed by atoms with E-state index in [-0.39, 0.29) is 25.0 Å². The van der Waals surface area contributed by atoms with Crippen LogP contribution in [0.3, 0.4) is 0 Å². The summed E-state index contributed by atoms with van der Waals surface area (Å²) in [7, 11) is 1.51. The molecule has 3 aromatic rings. The van der Waals surface area contributed by atoms with Crippen LogP contribution in [0.5, 0.6) is 5.75 Å². The normalized spacial score (nSPS) is 10.2. The number of rotatable bonds is 9. The maximum atomic E-state index is 13.2. The maximum Gasteiger partial charge on any atom is 0.257 e. The van der Waals surface area contributed by atoms with Gasteiger partial charge in [-0.05, 0) is 49.4 Å². The smallest absolute Gasteiger partial charge is 0.257 e. The van der Waals surface area contributed by atoms with Gasteiger partial charge < -0.3 is 20.3 Å². The molecular weight excluding hydrogens is 454 g/mol. The summed E-state index contributed by atoms with van der Waals surface area (Å²) in [4.78, 5) is 30.9. The number of nitrogens with one attached hydrogen (secondary N) is 2. The first kappa shape index (κ1) is 24.6. The van der Waals surface area contributed by atoms with Crippen molar-refractivity contribution in [1.29, 1.82) is 5.26 Å². The minimum Gasteiger partial charge on any atom is -0.483 e. The Balaban J connectivity index is 1.85. The van der Waals surface area contributed by atoms with Crippen LogP contribution >= 0.6 is 11.6 Å². The number of aromatic nitrogens is 1. The monoisotopic (exact) mass is 477 g/mol. The molecule has 0 aliphatic rings. The van der Waals surface area contributed by atoms with Gasteiger partial charge in [-0.1, -0.05) is 17.7 Å². The van der Waals surface area contributed by atoms with Crippen molar-refractivity contribution in [2.24, 2.45) is 0 Å². The summed E-state index contributed by atoms with van der Waals surface area (Å²) in [6.07, 6.45) is 3.39. The first-order chi connectivity index (χ1) is 16.5. The largest absolute Gasteiger partial charge is 0.483 e. The highest BCUT2D eigenvalue weighted by atomic mass is 35.5. The average molecular weight is 478 g/mol. The van der Waals surface area contributed by atoms with Crippen LogP contribution in [0.2, 0.25) is 5.02 Å². The van der Waals surface area contributed by atoms with Crippen molar-refractivity contribution in [1.82, 2.24) is 15.6 Å². The second-order valence-corrected chi connectivity index (χ2v) is 7.63. The summed E-state index contributed by atoms with van der Waals surface area (Å²) in [6, 6.07) is 15.8. The number of ether oxygens (including phenoxy) is 1. The first-order valence-corrected chi connectivity index (χ1v) is 11.0. The highest BCUT2D eigenvalue weighted by Gasteiger charge is 2.18. The standard InChI is InChI=1S/C25H24ClN5O3/c1-3-31(20-8-10-29-11-9-20)22-7-6-19(26)13-21(22)25(33)30-15-18-5-4-17(14-27)12-23(18)34-16-24(32)28-2/h4-13H,3,15-16H2,1-2H3,(H,28,32)(H,30,33). The van der Waals surface area contributed by atoms with Crippen LogP contribution in [0.15, 0.2) is 60.9 Å². The zero-order valence-electron chi connectivity index (χ0n) is 18.8. The van der Waals surface area contributed by atoms with E-state index >= 15 is 0 Å². The number of amides is 2. The van der Waals surface area contributed by atoms with E-state index in [9.17, 15) is 14.9 Å². The minimum absolute atomic E-state index is 0.126. The van der Waals surface area contributed by atoms with Crippen LogP contribution in [0.4, 0.5) is 11.4 Å². The Hall–Kier alpha value is -4.09. The van der Waals surface area contributed by atoms with Crippen LogP contribution in [0, 0.1) is 11.3 Å². The van der Waals surface area contributed by atoms with E-state index < -0.39 is 0 Å². The van der Waals surface area contributed by atoms with Gasteiger partial charge in [-0.2, -0.15) is 5.26 Å². The third kappa shape index (κ3) is 6.03. The number of hydrogen-bond acceptors (Lipinski definition) is 6. The number of benzene rings is 2. The van der Waals surface area contributed by atoms with E-state index in [2.05, 4.69) is 15.6 Å². The molecule has 0 unspecified atom stereocenters. The van der Waals surface area contributed by atoms with Gasteiger partial charge in [-0.25, -0.2) is 0 Å². The molecule has 8 nitrogen and oxygen atoms in total. The molecule has 0 radical (unpaired) electrons. The van der Waals surface area contributed by atoms with Crippen molar-refractivity contribution in [2.45, 2.75) is 13.5 Å². The van der Waals surface area contributed by atoms with Crippen LogP contribution in [-0.2, 0) is 11.3 Å². The van der Waals surface area contributed by atoms with Crippen LogP contribution < -0.4 is 20.3 Å². The molecule has 0 aliphatic carbocycles. The molecule has 34 heavy (non-hydrogen) atoms. The second-order valence-electron chi connectivity index (χ2n) is 7.19. The molecule has 2 amide bonds. The van der Waals surface area contributed by atoms with E-state index in [1.165, 1.54) is 13.1 Å². The van der Waals surface area contributed by atoms with Crippen molar-refractivity contribution in [3.8, 4) is 11.8 Å². The van der Waals surface area contributed by atoms with Gasteiger partial charge >= 0.3 is 0 Å². The minimum atomic E-state index is -0.327. The maximum absolute atomic E-state index is 13.2.